The summed E-state index contributed by atoms with van der Waals surface area (Å²) in [7, 11) is 0. The molecule has 1 aliphatic rings. The van der Waals surface area contributed by atoms with Crippen LogP contribution in [0.2, 0.25) is 0 Å². The van der Waals surface area contributed by atoms with E-state index in [-0.39, 0.29) is 11.7 Å². The molecule has 1 saturated carbocycles. The monoisotopic (exact) mass is 285 g/mol. The maximum atomic E-state index is 11.7. The topological polar surface area (TPSA) is 64.6 Å². The fourth-order valence-corrected chi connectivity index (χ4v) is 2.25. The number of nitrogens with one attached hydrogen (secondary N) is 1. The van der Waals surface area contributed by atoms with E-state index < -0.39 is 0 Å². The van der Waals surface area contributed by atoms with Gasteiger partial charge in [-0.1, -0.05) is 19.3 Å². The predicted octanol–water partition coefficient (Wildman–Crippen LogP) is 1.84. The number of carbonyl (C=O) groups is 2. The summed E-state index contributed by atoms with van der Waals surface area (Å²) in [6.07, 6.45) is 6.80. The molecule has 5 nitrogen and oxygen atoms in total. The maximum Gasteiger partial charge on any atom is 0.222 e. The molecule has 5 heteroatoms. The number of Topliss-reactive ketones (excluding diaryl/α,β-unsaturated/α-hetero) is 1. The van der Waals surface area contributed by atoms with E-state index in [1.54, 1.807) is 6.92 Å². The summed E-state index contributed by atoms with van der Waals surface area (Å²) in [4.78, 5) is 22.3. The van der Waals surface area contributed by atoms with E-state index in [4.69, 9.17) is 9.47 Å². The fourth-order valence-electron chi connectivity index (χ4n) is 2.25. The molecule has 0 bridgehead atoms. The molecule has 0 unspecified atom stereocenters. The third-order valence-electron chi connectivity index (χ3n) is 3.41. The Hall–Kier alpha value is -0.940. The Bertz CT molecular complexity index is 288. The maximum absolute atomic E-state index is 11.7. The van der Waals surface area contributed by atoms with Gasteiger partial charge in [0.2, 0.25) is 5.91 Å². The molecular weight excluding hydrogens is 258 g/mol. The highest BCUT2D eigenvalue weighted by molar-refractivity contribution is 5.76. The second-order valence-corrected chi connectivity index (χ2v) is 5.33. The van der Waals surface area contributed by atoms with Gasteiger partial charge in [0.1, 0.15) is 5.78 Å². The van der Waals surface area contributed by atoms with Crippen LogP contribution in [0.3, 0.4) is 0 Å². The van der Waals surface area contributed by atoms with E-state index >= 15 is 0 Å². The van der Waals surface area contributed by atoms with Crippen molar-refractivity contribution in [2.45, 2.75) is 57.9 Å². The molecule has 0 aromatic rings. The number of ketones is 1. The van der Waals surface area contributed by atoms with Crippen LogP contribution in [0.5, 0.6) is 0 Å². The quantitative estimate of drug-likeness (QED) is 0.622. The fraction of sp³-hybridized carbons (Fsp3) is 0.867. The summed E-state index contributed by atoms with van der Waals surface area (Å²) in [5.41, 5.74) is 0. The van der Waals surface area contributed by atoms with Gasteiger partial charge in [-0.15, -0.1) is 0 Å². The van der Waals surface area contributed by atoms with Gasteiger partial charge in [0.15, 0.2) is 0 Å². The summed E-state index contributed by atoms with van der Waals surface area (Å²) < 4.78 is 10.6. The molecule has 0 heterocycles. The number of carbonyl (C=O) groups excluding carboxylic acids is 2. The summed E-state index contributed by atoms with van der Waals surface area (Å²) in [5, 5.41) is 3.05. The lowest BCUT2D eigenvalue weighted by molar-refractivity contribution is -0.123. The predicted molar refractivity (Wildman–Crippen MR) is 76.6 cm³/mol. The van der Waals surface area contributed by atoms with E-state index in [1.807, 2.05) is 0 Å². The van der Waals surface area contributed by atoms with Crippen molar-refractivity contribution in [2.24, 2.45) is 0 Å². The Labute approximate surface area is 121 Å². The molecule has 1 aliphatic carbocycles. The SMILES string of the molecule is CC(=O)CCOCCOCCC(=O)NC1CCCCC1. The molecule has 0 radical (unpaired) electrons. The van der Waals surface area contributed by atoms with Crippen molar-refractivity contribution in [1.82, 2.24) is 5.32 Å². The van der Waals surface area contributed by atoms with Crippen molar-refractivity contribution in [2.75, 3.05) is 26.4 Å². The lowest BCUT2D eigenvalue weighted by Gasteiger charge is -2.22. The van der Waals surface area contributed by atoms with Gasteiger partial charge in [-0.05, 0) is 19.8 Å². The molecule has 0 aromatic heterocycles. The molecule has 1 N–H and O–H groups in total. The van der Waals surface area contributed by atoms with Crippen LogP contribution in [0.4, 0.5) is 0 Å². The summed E-state index contributed by atoms with van der Waals surface area (Å²) in [6.45, 7) is 3.35. The van der Waals surface area contributed by atoms with Crippen molar-refractivity contribution < 1.29 is 19.1 Å². The standard InChI is InChI=1S/C15H27NO4/c1-13(17)7-9-19-11-12-20-10-8-15(18)16-14-5-3-2-4-6-14/h14H,2-12H2,1H3,(H,16,18). The molecule has 116 valence electrons. The molecule has 0 spiro atoms. The van der Waals surface area contributed by atoms with Gasteiger partial charge in [-0.3, -0.25) is 9.59 Å². The summed E-state index contributed by atoms with van der Waals surface area (Å²) >= 11 is 0. The first-order chi connectivity index (χ1) is 9.68. The van der Waals surface area contributed by atoms with Gasteiger partial charge in [-0.25, -0.2) is 0 Å². The van der Waals surface area contributed by atoms with Crippen LogP contribution in [0, 0.1) is 0 Å². The molecule has 0 atom stereocenters. The zero-order valence-electron chi connectivity index (χ0n) is 12.5. The van der Waals surface area contributed by atoms with E-state index in [1.165, 1.54) is 19.3 Å². The normalized spacial score (nSPS) is 16.1. The summed E-state index contributed by atoms with van der Waals surface area (Å²) in [5.74, 6) is 0.208. The molecule has 0 saturated heterocycles. The number of amides is 1. The lowest BCUT2D eigenvalue weighted by Crippen LogP contribution is -2.36. The average Bonchev–Trinajstić information content (AvgIpc) is 2.42. The Morgan fingerprint density at radius 3 is 2.15 bits per heavy atom. The molecule has 0 aliphatic heterocycles. The second kappa shape index (κ2) is 10.8. The van der Waals surface area contributed by atoms with Crippen molar-refractivity contribution in [1.29, 1.82) is 0 Å². The minimum absolute atomic E-state index is 0.0781. The van der Waals surface area contributed by atoms with Crippen molar-refractivity contribution in [3.8, 4) is 0 Å². The Morgan fingerprint density at radius 1 is 0.950 bits per heavy atom. The number of hydrogen-bond acceptors (Lipinski definition) is 4. The van der Waals surface area contributed by atoms with E-state index in [9.17, 15) is 9.59 Å². The van der Waals surface area contributed by atoms with E-state index in [0.29, 0.717) is 45.3 Å². The first-order valence-corrected chi connectivity index (χ1v) is 7.63. The Balaban J connectivity index is 1.87. The molecular formula is C15H27NO4. The van der Waals surface area contributed by atoms with Crippen LogP contribution in [0.15, 0.2) is 0 Å². The third kappa shape index (κ3) is 9.04. The second-order valence-electron chi connectivity index (χ2n) is 5.33. The first-order valence-electron chi connectivity index (χ1n) is 7.63. The molecule has 1 amide bonds. The minimum atomic E-state index is 0.0781. The number of ether oxygens (including phenoxy) is 2. The van der Waals surface area contributed by atoms with Crippen LogP contribution in [-0.4, -0.2) is 44.2 Å². The number of rotatable bonds is 10. The van der Waals surface area contributed by atoms with Gasteiger partial charge < -0.3 is 14.8 Å². The van der Waals surface area contributed by atoms with Crippen molar-refractivity contribution in [3.63, 3.8) is 0 Å². The van der Waals surface area contributed by atoms with Crippen LogP contribution < -0.4 is 5.32 Å². The van der Waals surface area contributed by atoms with Gasteiger partial charge in [0.05, 0.1) is 26.4 Å². The van der Waals surface area contributed by atoms with Crippen molar-refractivity contribution >= 4 is 11.7 Å². The third-order valence-corrected chi connectivity index (χ3v) is 3.41. The lowest BCUT2D eigenvalue weighted by atomic mass is 9.95. The Morgan fingerprint density at radius 2 is 1.55 bits per heavy atom. The first kappa shape index (κ1) is 17.1. The highest BCUT2D eigenvalue weighted by Gasteiger charge is 2.15. The molecule has 1 rings (SSSR count). The molecule has 1 fully saturated rings. The van der Waals surface area contributed by atoms with Crippen LogP contribution >= 0.6 is 0 Å². The van der Waals surface area contributed by atoms with Gasteiger partial charge in [-0.2, -0.15) is 0 Å². The zero-order chi connectivity index (χ0) is 14.6. The van der Waals surface area contributed by atoms with Crippen LogP contribution in [0.1, 0.15) is 51.9 Å². The minimum Gasteiger partial charge on any atom is -0.379 e. The molecule has 20 heavy (non-hydrogen) atoms. The Kier molecular flexibility index (Phi) is 9.24. The van der Waals surface area contributed by atoms with E-state index in [0.717, 1.165) is 12.8 Å². The van der Waals surface area contributed by atoms with Gasteiger partial charge in [0, 0.05) is 18.9 Å². The number of hydrogen-bond donors (Lipinski definition) is 1. The highest BCUT2D eigenvalue weighted by Crippen LogP contribution is 2.17. The van der Waals surface area contributed by atoms with Gasteiger partial charge >= 0.3 is 0 Å². The highest BCUT2D eigenvalue weighted by atomic mass is 16.5. The van der Waals surface area contributed by atoms with Gasteiger partial charge in [0.25, 0.3) is 0 Å². The van der Waals surface area contributed by atoms with Crippen LogP contribution in [-0.2, 0) is 19.1 Å². The van der Waals surface area contributed by atoms with Crippen molar-refractivity contribution in [3.05, 3.63) is 0 Å². The smallest absolute Gasteiger partial charge is 0.222 e. The molecule has 0 aromatic carbocycles. The van der Waals surface area contributed by atoms with E-state index in [2.05, 4.69) is 5.32 Å². The van der Waals surface area contributed by atoms with Crippen LogP contribution in [0.25, 0.3) is 0 Å². The average molecular weight is 285 g/mol. The zero-order valence-corrected chi connectivity index (χ0v) is 12.5. The largest absolute Gasteiger partial charge is 0.379 e. The summed E-state index contributed by atoms with van der Waals surface area (Å²) in [6, 6.07) is 0.367.